The highest BCUT2D eigenvalue weighted by Crippen LogP contribution is 2.12. The number of nitrogens with zero attached hydrogens (tertiary/aromatic N) is 2. The summed E-state index contributed by atoms with van der Waals surface area (Å²) >= 11 is 5.63. The van der Waals surface area contributed by atoms with Gasteiger partial charge in [0.15, 0.2) is 0 Å². The van der Waals surface area contributed by atoms with Gasteiger partial charge in [0.05, 0.1) is 6.20 Å². The van der Waals surface area contributed by atoms with Gasteiger partial charge in [0.2, 0.25) is 0 Å². The molecule has 0 aromatic carbocycles. The van der Waals surface area contributed by atoms with Crippen LogP contribution in [0.15, 0.2) is 30.7 Å². The number of aromatic nitrogens is 3. The van der Waals surface area contributed by atoms with E-state index < -0.39 is 0 Å². The molecule has 2 heterocycles. The van der Waals surface area contributed by atoms with E-state index in [0.29, 0.717) is 17.5 Å². The van der Waals surface area contributed by atoms with Crippen LogP contribution in [-0.4, -0.2) is 15.0 Å². The molecule has 2 rings (SSSR count). The molecule has 72 valence electrons. The summed E-state index contributed by atoms with van der Waals surface area (Å²) in [6, 6.07) is 3.44. The molecule has 0 saturated heterocycles. The SMILES string of the molecule is Clc1ccc(OCc2ncc[nH]2)cn1. The van der Waals surface area contributed by atoms with E-state index in [9.17, 15) is 0 Å². The first-order valence-corrected chi connectivity index (χ1v) is 4.45. The minimum absolute atomic E-state index is 0.399. The van der Waals surface area contributed by atoms with E-state index >= 15 is 0 Å². The summed E-state index contributed by atoms with van der Waals surface area (Å²) in [7, 11) is 0. The zero-order chi connectivity index (χ0) is 9.80. The van der Waals surface area contributed by atoms with E-state index in [1.807, 2.05) is 0 Å². The normalized spacial score (nSPS) is 10.1. The van der Waals surface area contributed by atoms with E-state index in [1.54, 1.807) is 30.7 Å². The van der Waals surface area contributed by atoms with E-state index in [-0.39, 0.29) is 0 Å². The molecule has 0 aliphatic heterocycles. The molecule has 0 spiro atoms. The molecule has 2 aromatic heterocycles. The number of nitrogens with one attached hydrogen (secondary N) is 1. The van der Waals surface area contributed by atoms with Crippen molar-refractivity contribution < 1.29 is 4.74 Å². The van der Waals surface area contributed by atoms with Crippen molar-refractivity contribution in [3.63, 3.8) is 0 Å². The summed E-state index contributed by atoms with van der Waals surface area (Å²) in [4.78, 5) is 10.8. The number of hydrogen-bond donors (Lipinski definition) is 1. The number of rotatable bonds is 3. The van der Waals surface area contributed by atoms with Gasteiger partial charge in [0.1, 0.15) is 23.3 Å². The molecule has 0 saturated carbocycles. The van der Waals surface area contributed by atoms with Crippen molar-refractivity contribution in [2.24, 2.45) is 0 Å². The zero-order valence-corrected chi connectivity index (χ0v) is 8.03. The average molecular weight is 210 g/mol. The Labute approximate surface area is 85.9 Å². The summed E-state index contributed by atoms with van der Waals surface area (Å²) in [5, 5.41) is 0.454. The molecule has 0 aliphatic carbocycles. The second-order valence-electron chi connectivity index (χ2n) is 2.64. The van der Waals surface area contributed by atoms with Crippen molar-refractivity contribution in [1.29, 1.82) is 0 Å². The van der Waals surface area contributed by atoms with Crippen LogP contribution >= 0.6 is 11.6 Å². The molecular weight excluding hydrogens is 202 g/mol. The minimum atomic E-state index is 0.399. The summed E-state index contributed by atoms with van der Waals surface area (Å²) < 4.78 is 5.39. The summed E-state index contributed by atoms with van der Waals surface area (Å²) in [6.07, 6.45) is 5.00. The highest BCUT2D eigenvalue weighted by atomic mass is 35.5. The Hall–Kier alpha value is -1.55. The van der Waals surface area contributed by atoms with Crippen LogP contribution in [0.1, 0.15) is 5.82 Å². The second-order valence-corrected chi connectivity index (χ2v) is 3.03. The first-order chi connectivity index (χ1) is 6.84. The van der Waals surface area contributed by atoms with Gasteiger partial charge in [0, 0.05) is 12.4 Å². The first-order valence-electron chi connectivity index (χ1n) is 4.07. The molecule has 5 heteroatoms. The fraction of sp³-hybridized carbons (Fsp3) is 0.111. The molecule has 0 atom stereocenters. The topological polar surface area (TPSA) is 50.8 Å². The number of H-pyrrole nitrogens is 1. The van der Waals surface area contributed by atoms with Crippen molar-refractivity contribution >= 4 is 11.6 Å². The smallest absolute Gasteiger partial charge is 0.146 e. The van der Waals surface area contributed by atoms with Crippen LogP contribution in [0.2, 0.25) is 5.15 Å². The van der Waals surface area contributed by atoms with Gasteiger partial charge in [-0.1, -0.05) is 11.6 Å². The quantitative estimate of drug-likeness (QED) is 0.787. The largest absolute Gasteiger partial charge is 0.484 e. The van der Waals surface area contributed by atoms with Crippen LogP contribution in [0.3, 0.4) is 0 Å². The van der Waals surface area contributed by atoms with Crippen LogP contribution in [0, 0.1) is 0 Å². The number of ether oxygens (including phenoxy) is 1. The molecule has 14 heavy (non-hydrogen) atoms. The Kier molecular flexibility index (Phi) is 2.65. The molecular formula is C9H8ClN3O. The van der Waals surface area contributed by atoms with Crippen LogP contribution in [0.5, 0.6) is 5.75 Å². The number of aromatic amines is 1. The predicted octanol–water partition coefficient (Wildman–Crippen LogP) is 2.04. The van der Waals surface area contributed by atoms with Gasteiger partial charge in [-0.3, -0.25) is 0 Å². The molecule has 0 amide bonds. The fourth-order valence-corrected chi connectivity index (χ4v) is 1.09. The lowest BCUT2D eigenvalue weighted by molar-refractivity contribution is 0.296. The lowest BCUT2D eigenvalue weighted by Gasteiger charge is -2.02. The molecule has 2 aromatic rings. The van der Waals surface area contributed by atoms with Gasteiger partial charge in [-0.25, -0.2) is 9.97 Å². The number of pyridine rings is 1. The fourth-order valence-electron chi connectivity index (χ4n) is 0.976. The summed E-state index contributed by atoms with van der Waals surface area (Å²) in [5.74, 6) is 1.45. The van der Waals surface area contributed by atoms with Crippen molar-refractivity contribution in [2.75, 3.05) is 0 Å². The third-order valence-corrected chi connectivity index (χ3v) is 1.85. The Morgan fingerprint density at radius 3 is 2.93 bits per heavy atom. The monoisotopic (exact) mass is 209 g/mol. The Balaban J connectivity index is 1.95. The van der Waals surface area contributed by atoms with Gasteiger partial charge in [-0.15, -0.1) is 0 Å². The predicted molar refractivity (Wildman–Crippen MR) is 52.2 cm³/mol. The third-order valence-electron chi connectivity index (χ3n) is 1.63. The van der Waals surface area contributed by atoms with E-state index in [1.165, 1.54) is 0 Å². The van der Waals surface area contributed by atoms with E-state index in [4.69, 9.17) is 16.3 Å². The summed E-state index contributed by atoms with van der Waals surface area (Å²) in [5.41, 5.74) is 0. The van der Waals surface area contributed by atoms with E-state index in [2.05, 4.69) is 15.0 Å². The average Bonchev–Trinajstić information content (AvgIpc) is 2.70. The molecule has 0 bridgehead atoms. The van der Waals surface area contributed by atoms with Gasteiger partial charge in [0.25, 0.3) is 0 Å². The Morgan fingerprint density at radius 1 is 1.36 bits per heavy atom. The molecule has 0 radical (unpaired) electrons. The van der Waals surface area contributed by atoms with Crippen molar-refractivity contribution in [3.05, 3.63) is 41.7 Å². The third kappa shape index (κ3) is 2.23. The maximum absolute atomic E-state index is 5.63. The van der Waals surface area contributed by atoms with Crippen LogP contribution in [0.4, 0.5) is 0 Å². The van der Waals surface area contributed by atoms with Gasteiger partial charge in [-0.2, -0.15) is 0 Å². The Bertz CT molecular complexity index is 385. The first kappa shape index (κ1) is 9.02. The standard InChI is InChI=1S/C9H8ClN3O/c10-8-2-1-7(5-13-8)14-6-9-11-3-4-12-9/h1-5H,6H2,(H,11,12). The minimum Gasteiger partial charge on any atom is -0.484 e. The number of hydrogen-bond acceptors (Lipinski definition) is 3. The van der Waals surface area contributed by atoms with Crippen molar-refractivity contribution in [2.45, 2.75) is 6.61 Å². The van der Waals surface area contributed by atoms with Crippen LogP contribution < -0.4 is 4.74 Å². The highest BCUT2D eigenvalue weighted by molar-refractivity contribution is 6.29. The summed E-state index contributed by atoms with van der Waals surface area (Å²) in [6.45, 7) is 0.399. The van der Waals surface area contributed by atoms with Gasteiger partial charge in [-0.05, 0) is 12.1 Å². The number of imidazole rings is 1. The number of halogens is 1. The van der Waals surface area contributed by atoms with Gasteiger partial charge < -0.3 is 9.72 Å². The molecule has 1 N–H and O–H groups in total. The van der Waals surface area contributed by atoms with Crippen molar-refractivity contribution in [1.82, 2.24) is 15.0 Å². The molecule has 0 unspecified atom stereocenters. The molecule has 0 aliphatic rings. The van der Waals surface area contributed by atoms with Crippen LogP contribution in [0.25, 0.3) is 0 Å². The van der Waals surface area contributed by atoms with E-state index in [0.717, 1.165) is 5.82 Å². The Morgan fingerprint density at radius 2 is 2.29 bits per heavy atom. The maximum Gasteiger partial charge on any atom is 0.146 e. The highest BCUT2D eigenvalue weighted by Gasteiger charge is 1.97. The van der Waals surface area contributed by atoms with Crippen molar-refractivity contribution in [3.8, 4) is 5.75 Å². The molecule has 0 fully saturated rings. The lowest BCUT2D eigenvalue weighted by atomic mass is 10.5. The lowest BCUT2D eigenvalue weighted by Crippen LogP contribution is -1.97. The molecule has 4 nitrogen and oxygen atoms in total. The zero-order valence-electron chi connectivity index (χ0n) is 7.27. The van der Waals surface area contributed by atoms with Crippen LogP contribution in [-0.2, 0) is 6.61 Å². The second kappa shape index (κ2) is 4.11. The maximum atomic E-state index is 5.63. The van der Waals surface area contributed by atoms with Gasteiger partial charge >= 0.3 is 0 Å².